The number of esters is 1. The van der Waals surface area contributed by atoms with Crippen molar-refractivity contribution in [3.63, 3.8) is 0 Å². The number of nitrogens with zero attached hydrogens (tertiary/aromatic N) is 1. The highest BCUT2D eigenvalue weighted by Gasteiger charge is 2.43. The normalized spacial score (nSPS) is 14.8. The van der Waals surface area contributed by atoms with Crippen LogP contribution in [-0.2, 0) is 4.74 Å². The first-order valence-corrected chi connectivity index (χ1v) is 11.7. The third-order valence-corrected chi connectivity index (χ3v) is 6.39. The SMILES string of the molecule is CCOC(=O)c1ccc(N2C(=O)c3oc4ccc(Br)cc4c(=O)c3C2c2cccc(OC)c2)cc1. The van der Waals surface area contributed by atoms with Crippen LogP contribution in [0.15, 0.2) is 80.4 Å². The van der Waals surface area contributed by atoms with Crippen molar-refractivity contribution in [1.29, 1.82) is 0 Å². The van der Waals surface area contributed by atoms with E-state index in [-0.39, 0.29) is 23.4 Å². The molecule has 1 aliphatic heterocycles. The zero-order valence-electron chi connectivity index (χ0n) is 18.9. The fraction of sp³-hybridized carbons (Fsp3) is 0.148. The van der Waals surface area contributed by atoms with E-state index in [1.165, 1.54) is 4.90 Å². The van der Waals surface area contributed by atoms with Gasteiger partial charge in [-0.05, 0) is 67.1 Å². The molecule has 1 amide bonds. The number of hydrogen-bond acceptors (Lipinski definition) is 6. The Balaban J connectivity index is 1.72. The average Bonchev–Trinajstić information content (AvgIpc) is 3.17. The summed E-state index contributed by atoms with van der Waals surface area (Å²) in [7, 11) is 1.55. The molecule has 0 spiro atoms. The van der Waals surface area contributed by atoms with Crippen LogP contribution in [0.4, 0.5) is 5.69 Å². The second-order valence-electron chi connectivity index (χ2n) is 7.94. The Labute approximate surface area is 209 Å². The lowest BCUT2D eigenvalue weighted by Gasteiger charge is -2.25. The fourth-order valence-electron chi connectivity index (χ4n) is 4.31. The summed E-state index contributed by atoms with van der Waals surface area (Å²) < 4.78 is 17.2. The van der Waals surface area contributed by atoms with Crippen molar-refractivity contribution < 1.29 is 23.5 Å². The van der Waals surface area contributed by atoms with Crippen molar-refractivity contribution in [3.8, 4) is 5.75 Å². The minimum absolute atomic E-state index is 0.00730. The van der Waals surface area contributed by atoms with Crippen LogP contribution in [-0.4, -0.2) is 25.6 Å². The quantitative estimate of drug-likeness (QED) is 0.315. The minimum Gasteiger partial charge on any atom is -0.497 e. The highest BCUT2D eigenvalue weighted by molar-refractivity contribution is 9.10. The molecule has 5 rings (SSSR count). The molecular formula is C27H20BrNO6. The molecule has 0 fully saturated rings. The van der Waals surface area contributed by atoms with Gasteiger partial charge in [-0.15, -0.1) is 0 Å². The fourth-order valence-corrected chi connectivity index (χ4v) is 4.67. The second-order valence-corrected chi connectivity index (χ2v) is 8.85. The van der Waals surface area contributed by atoms with Gasteiger partial charge in [0.1, 0.15) is 11.3 Å². The van der Waals surface area contributed by atoms with Crippen LogP contribution in [0.2, 0.25) is 0 Å². The molecule has 176 valence electrons. The van der Waals surface area contributed by atoms with Gasteiger partial charge in [0.05, 0.1) is 36.3 Å². The van der Waals surface area contributed by atoms with Crippen molar-refractivity contribution in [1.82, 2.24) is 0 Å². The Bertz CT molecular complexity index is 1530. The lowest BCUT2D eigenvalue weighted by atomic mass is 9.98. The van der Waals surface area contributed by atoms with Gasteiger partial charge in [-0.1, -0.05) is 28.1 Å². The van der Waals surface area contributed by atoms with Crippen LogP contribution in [0.3, 0.4) is 0 Å². The van der Waals surface area contributed by atoms with Gasteiger partial charge in [0.2, 0.25) is 5.76 Å². The molecule has 0 radical (unpaired) electrons. The van der Waals surface area contributed by atoms with E-state index in [0.29, 0.717) is 33.5 Å². The first-order valence-electron chi connectivity index (χ1n) is 10.9. The molecule has 0 N–H and O–H groups in total. The number of carbonyl (C=O) groups excluding carboxylic acids is 2. The van der Waals surface area contributed by atoms with Crippen molar-refractivity contribution in [2.24, 2.45) is 0 Å². The van der Waals surface area contributed by atoms with Crippen LogP contribution >= 0.6 is 15.9 Å². The molecule has 0 aliphatic carbocycles. The Morgan fingerprint density at radius 1 is 1.06 bits per heavy atom. The molecule has 0 bridgehead atoms. The number of carbonyl (C=O) groups is 2. The summed E-state index contributed by atoms with van der Waals surface area (Å²) in [6, 6.07) is 18.1. The Hall–Kier alpha value is -3.91. The van der Waals surface area contributed by atoms with Gasteiger partial charge in [-0.2, -0.15) is 0 Å². The number of amides is 1. The molecule has 0 saturated heterocycles. The monoisotopic (exact) mass is 533 g/mol. The second kappa shape index (κ2) is 9.03. The van der Waals surface area contributed by atoms with Crippen molar-refractivity contribution in [2.75, 3.05) is 18.6 Å². The highest BCUT2D eigenvalue weighted by atomic mass is 79.9. The van der Waals surface area contributed by atoms with Crippen LogP contribution in [0.1, 0.15) is 45.0 Å². The van der Waals surface area contributed by atoms with Gasteiger partial charge < -0.3 is 13.9 Å². The largest absolute Gasteiger partial charge is 0.497 e. The molecule has 4 aromatic rings. The maximum absolute atomic E-state index is 13.7. The highest BCUT2D eigenvalue weighted by Crippen LogP contribution is 2.42. The number of hydrogen-bond donors (Lipinski definition) is 0. The van der Waals surface area contributed by atoms with E-state index >= 15 is 0 Å². The van der Waals surface area contributed by atoms with E-state index < -0.39 is 17.9 Å². The summed E-state index contributed by atoms with van der Waals surface area (Å²) in [5.41, 5.74) is 1.86. The average molecular weight is 534 g/mol. The summed E-state index contributed by atoms with van der Waals surface area (Å²) in [5.74, 6) is -0.312. The summed E-state index contributed by atoms with van der Waals surface area (Å²) in [4.78, 5) is 41.0. The third kappa shape index (κ3) is 3.89. The predicted octanol–water partition coefficient (Wildman–Crippen LogP) is 5.49. The van der Waals surface area contributed by atoms with E-state index in [1.807, 2.05) is 6.07 Å². The first-order chi connectivity index (χ1) is 16.9. The zero-order chi connectivity index (χ0) is 24.7. The van der Waals surface area contributed by atoms with Crippen molar-refractivity contribution >= 4 is 44.5 Å². The summed E-state index contributed by atoms with van der Waals surface area (Å²) in [6.45, 7) is 1.99. The smallest absolute Gasteiger partial charge is 0.338 e. The molecule has 0 saturated carbocycles. The lowest BCUT2D eigenvalue weighted by Crippen LogP contribution is -2.29. The summed E-state index contributed by atoms with van der Waals surface area (Å²) >= 11 is 3.40. The molecule has 7 nitrogen and oxygen atoms in total. The molecule has 35 heavy (non-hydrogen) atoms. The maximum atomic E-state index is 13.7. The number of anilines is 1. The van der Waals surface area contributed by atoms with Gasteiger partial charge in [0.15, 0.2) is 5.43 Å². The predicted molar refractivity (Wildman–Crippen MR) is 134 cm³/mol. The van der Waals surface area contributed by atoms with Crippen LogP contribution in [0.25, 0.3) is 11.0 Å². The van der Waals surface area contributed by atoms with Gasteiger partial charge in [-0.25, -0.2) is 4.79 Å². The van der Waals surface area contributed by atoms with Gasteiger partial charge >= 0.3 is 5.97 Å². The van der Waals surface area contributed by atoms with Gasteiger partial charge in [-0.3, -0.25) is 14.5 Å². The van der Waals surface area contributed by atoms with Crippen molar-refractivity contribution in [2.45, 2.75) is 13.0 Å². The Kier molecular flexibility index (Phi) is 5.90. The molecule has 1 aliphatic rings. The lowest BCUT2D eigenvalue weighted by molar-refractivity contribution is 0.0526. The number of fused-ring (bicyclic) bond motifs is 2. The molecule has 8 heteroatoms. The Morgan fingerprint density at radius 2 is 1.83 bits per heavy atom. The first kappa shape index (κ1) is 22.9. The Morgan fingerprint density at radius 3 is 2.54 bits per heavy atom. The van der Waals surface area contributed by atoms with Gasteiger partial charge in [0, 0.05) is 10.2 Å². The topological polar surface area (TPSA) is 86.0 Å². The van der Waals surface area contributed by atoms with E-state index in [4.69, 9.17) is 13.9 Å². The molecule has 3 aromatic carbocycles. The molecule has 1 aromatic heterocycles. The maximum Gasteiger partial charge on any atom is 0.338 e. The number of halogens is 1. The molecule has 1 atom stereocenters. The minimum atomic E-state index is -0.749. The van der Waals surface area contributed by atoms with E-state index in [1.54, 1.807) is 74.7 Å². The number of methoxy groups -OCH3 is 1. The van der Waals surface area contributed by atoms with Gasteiger partial charge in [0.25, 0.3) is 5.91 Å². The number of rotatable bonds is 5. The van der Waals surface area contributed by atoms with Crippen LogP contribution in [0.5, 0.6) is 5.75 Å². The number of ether oxygens (including phenoxy) is 2. The third-order valence-electron chi connectivity index (χ3n) is 5.90. The van der Waals surface area contributed by atoms with E-state index in [0.717, 1.165) is 4.47 Å². The molecule has 1 unspecified atom stereocenters. The molecular weight excluding hydrogens is 514 g/mol. The summed E-state index contributed by atoms with van der Waals surface area (Å²) in [5, 5.41) is 0.373. The van der Waals surface area contributed by atoms with Crippen LogP contribution < -0.4 is 15.1 Å². The van der Waals surface area contributed by atoms with Crippen molar-refractivity contribution in [3.05, 3.63) is 104 Å². The van der Waals surface area contributed by atoms with E-state index in [2.05, 4.69) is 15.9 Å². The number of benzene rings is 3. The van der Waals surface area contributed by atoms with Crippen LogP contribution in [0, 0.1) is 0 Å². The zero-order valence-corrected chi connectivity index (χ0v) is 20.5. The summed E-state index contributed by atoms with van der Waals surface area (Å²) in [6.07, 6.45) is 0. The van der Waals surface area contributed by atoms with E-state index in [9.17, 15) is 14.4 Å². The standard InChI is InChI=1S/C27H20BrNO6/c1-3-34-27(32)15-7-10-18(11-8-15)29-23(16-5-4-6-19(13-16)33-2)22-24(30)20-14-17(28)9-12-21(20)35-25(22)26(29)31/h4-14,23H,3H2,1-2H3. The molecule has 2 heterocycles.